The third kappa shape index (κ3) is 2.68. The number of hydrogen-bond acceptors (Lipinski definition) is 2. The average molecular weight is 276 g/mol. The molecule has 0 aliphatic heterocycles. The maximum Gasteiger partial charge on any atom is 0.260 e. The molecule has 15 heavy (non-hydrogen) atoms. The van der Waals surface area contributed by atoms with Gasteiger partial charge in [-0.1, -0.05) is 22.0 Å². The number of phenols is 1. The van der Waals surface area contributed by atoms with Gasteiger partial charge in [0.2, 0.25) is 0 Å². The quantitative estimate of drug-likeness (QED) is 0.858. The molecule has 0 fully saturated rings. The Morgan fingerprint density at radius 2 is 2.27 bits per heavy atom. The Bertz CT molecular complexity index is 350. The van der Waals surface area contributed by atoms with Crippen LogP contribution in [0.5, 0.6) is 5.75 Å². The smallest absolute Gasteiger partial charge is 0.260 e. The summed E-state index contributed by atoms with van der Waals surface area (Å²) < 4.78 is 13.3. The summed E-state index contributed by atoms with van der Waals surface area (Å²) in [5.74, 6) is -1.56. The average Bonchev–Trinajstić information content (AvgIpc) is 2.17. The predicted octanol–water partition coefficient (Wildman–Crippen LogP) is 2.00. The van der Waals surface area contributed by atoms with E-state index in [4.69, 9.17) is 0 Å². The Morgan fingerprint density at radius 1 is 1.60 bits per heavy atom. The standard InChI is InChI=1S/C10H11BrFNO2/c1-13(6-5-11)10(15)9-7(12)3-2-4-8(9)14/h2-4,14H,5-6H2,1H3. The van der Waals surface area contributed by atoms with Crippen LogP contribution in [0.1, 0.15) is 10.4 Å². The second-order valence-electron chi connectivity index (χ2n) is 3.05. The Labute approximate surface area is 95.6 Å². The number of aromatic hydroxyl groups is 1. The molecule has 1 amide bonds. The van der Waals surface area contributed by atoms with Gasteiger partial charge in [0.05, 0.1) is 0 Å². The zero-order chi connectivity index (χ0) is 11.4. The normalized spacial score (nSPS) is 10.1. The largest absolute Gasteiger partial charge is 0.507 e. The molecule has 0 heterocycles. The van der Waals surface area contributed by atoms with Crippen LogP contribution in [0.25, 0.3) is 0 Å². The van der Waals surface area contributed by atoms with Crippen LogP contribution in [-0.2, 0) is 0 Å². The molecule has 3 nitrogen and oxygen atoms in total. The van der Waals surface area contributed by atoms with Gasteiger partial charge >= 0.3 is 0 Å². The van der Waals surface area contributed by atoms with Crippen LogP contribution in [0.2, 0.25) is 0 Å². The third-order valence-electron chi connectivity index (χ3n) is 1.97. The van der Waals surface area contributed by atoms with Gasteiger partial charge in [0.25, 0.3) is 5.91 Å². The van der Waals surface area contributed by atoms with Crippen LogP contribution in [0.15, 0.2) is 18.2 Å². The van der Waals surface area contributed by atoms with Gasteiger partial charge in [-0.05, 0) is 12.1 Å². The fraction of sp³-hybridized carbons (Fsp3) is 0.300. The Kier molecular flexibility index (Phi) is 4.08. The highest BCUT2D eigenvalue weighted by molar-refractivity contribution is 9.09. The molecule has 1 aromatic rings. The van der Waals surface area contributed by atoms with E-state index in [1.807, 2.05) is 0 Å². The second-order valence-corrected chi connectivity index (χ2v) is 3.84. The number of carbonyl (C=O) groups excluding carboxylic acids is 1. The van der Waals surface area contributed by atoms with E-state index in [2.05, 4.69) is 15.9 Å². The summed E-state index contributed by atoms with van der Waals surface area (Å²) in [4.78, 5) is 13.0. The first-order chi connectivity index (χ1) is 7.07. The number of hydrogen-bond donors (Lipinski definition) is 1. The van der Waals surface area contributed by atoms with Crippen molar-refractivity contribution in [2.75, 3.05) is 18.9 Å². The molecule has 0 saturated heterocycles. The molecule has 0 aliphatic rings. The van der Waals surface area contributed by atoms with Crippen molar-refractivity contribution in [1.82, 2.24) is 4.90 Å². The van der Waals surface area contributed by atoms with Crippen molar-refractivity contribution >= 4 is 21.8 Å². The van der Waals surface area contributed by atoms with Crippen molar-refractivity contribution in [3.8, 4) is 5.75 Å². The lowest BCUT2D eigenvalue weighted by Crippen LogP contribution is -2.29. The number of amides is 1. The Balaban J connectivity index is 3.00. The van der Waals surface area contributed by atoms with Crippen LogP contribution < -0.4 is 0 Å². The summed E-state index contributed by atoms with van der Waals surface area (Å²) in [7, 11) is 1.55. The SMILES string of the molecule is CN(CCBr)C(=O)c1c(O)cccc1F. The maximum atomic E-state index is 13.3. The topological polar surface area (TPSA) is 40.5 Å². The molecule has 0 spiro atoms. The molecule has 0 aliphatic carbocycles. The van der Waals surface area contributed by atoms with Gasteiger partial charge in [-0.25, -0.2) is 4.39 Å². The minimum atomic E-state index is -0.707. The van der Waals surface area contributed by atoms with Crippen molar-refractivity contribution in [3.05, 3.63) is 29.6 Å². The molecule has 1 rings (SSSR count). The molecule has 1 N–H and O–H groups in total. The second kappa shape index (κ2) is 5.11. The van der Waals surface area contributed by atoms with Crippen LogP contribution in [0.3, 0.4) is 0 Å². The fourth-order valence-corrected chi connectivity index (χ4v) is 1.68. The van der Waals surface area contributed by atoms with Gasteiger partial charge in [-0.2, -0.15) is 0 Å². The van der Waals surface area contributed by atoms with Gasteiger partial charge in [0.1, 0.15) is 17.1 Å². The third-order valence-corrected chi connectivity index (χ3v) is 2.33. The number of carbonyl (C=O) groups is 1. The fourth-order valence-electron chi connectivity index (χ4n) is 1.14. The van der Waals surface area contributed by atoms with E-state index < -0.39 is 11.7 Å². The summed E-state index contributed by atoms with van der Waals surface area (Å²) in [5, 5.41) is 9.98. The van der Waals surface area contributed by atoms with Crippen molar-refractivity contribution < 1.29 is 14.3 Å². The van der Waals surface area contributed by atoms with Gasteiger partial charge < -0.3 is 10.0 Å². The summed E-state index contributed by atoms with van der Waals surface area (Å²) in [6, 6.07) is 3.79. The molecule has 0 atom stereocenters. The highest BCUT2D eigenvalue weighted by atomic mass is 79.9. The van der Waals surface area contributed by atoms with Crippen molar-refractivity contribution in [3.63, 3.8) is 0 Å². The number of benzene rings is 1. The summed E-state index contributed by atoms with van der Waals surface area (Å²) in [6.45, 7) is 0.451. The number of halogens is 2. The van der Waals surface area contributed by atoms with Crippen LogP contribution in [0.4, 0.5) is 4.39 Å². The zero-order valence-corrected chi connectivity index (χ0v) is 9.79. The highest BCUT2D eigenvalue weighted by Gasteiger charge is 2.19. The van der Waals surface area contributed by atoms with Crippen molar-refractivity contribution in [2.24, 2.45) is 0 Å². The molecular weight excluding hydrogens is 265 g/mol. The van der Waals surface area contributed by atoms with E-state index in [1.54, 1.807) is 7.05 Å². The van der Waals surface area contributed by atoms with E-state index in [-0.39, 0.29) is 11.3 Å². The molecular formula is C10H11BrFNO2. The minimum absolute atomic E-state index is 0.277. The van der Waals surface area contributed by atoms with Crippen LogP contribution in [-0.4, -0.2) is 34.8 Å². The first kappa shape index (κ1) is 12.0. The lowest BCUT2D eigenvalue weighted by molar-refractivity contribution is 0.0796. The van der Waals surface area contributed by atoms with E-state index in [1.165, 1.54) is 17.0 Å². The number of phenolic OH excluding ortho intramolecular Hbond substituents is 1. The first-order valence-corrected chi connectivity index (χ1v) is 5.49. The van der Waals surface area contributed by atoms with Crippen LogP contribution >= 0.6 is 15.9 Å². The summed E-state index contributed by atoms with van der Waals surface area (Å²) >= 11 is 3.18. The van der Waals surface area contributed by atoms with Gasteiger partial charge in [0, 0.05) is 18.9 Å². The maximum absolute atomic E-state index is 13.3. The molecule has 0 aromatic heterocycles. The molecule has 1 aromatic carbocycles. The summed E-state index contributed by atoms with van der Waals surface area (Å²) in [6.07, 6.45) is 0. The van der Waals surface area contributed by atoms with Gasteiger partial charge in [0.15, 0.2) is 0 Å². The molecule has 5 heteroatoms. The van der Waals surface area contributed by atoms with Gasteiger partial charge in [-0.3, -0.25) is 4.79 Å². The Morgan fingerprint density at radius 3 is 2.80 bits per heavy atom. The molecule has 0 bridgehead atoms. The van der Waals surface area contributed by atoms with Crippen molar-refractivity contribution in [1.29, 1.82) is 0 Å². The monoisotopic (exact) mass is 275 g/mol. The lowest BCUT2D eigenvalue weighted by Gasteiger charge is -2.16. The molecule has 0 radical (unpaired) electrons. The summed E-state index contributed by atoms with van der Waals surface area (Å²) in [5.41, 5.74) is -0.277. The lowest BCUT2D eigenvalue weighted by atomic mass is 10.1. The minimum Gasteiger partial charge on any atom is -0.507 e. The Hall–Kier alpha value is -1.10. The van der Waals surface area contributed by atoms with E-state index in [0.717, 1.165) is 6.07 Å². The molecule has 0 saturated carbocycles. The first-order valence-electron chi connectivity index (χ1n) is 4.37. The number of rotatable bonds is 3. The number of nitrogens with zero attached hydrogens (tertiary/aromatic N) is 1. The molecule has 82 valence electrons. The van der Waals surface area contributed by atoms with E-state index in [0.29, 0.717) is 11.9 Å². The van der Waals surface area contributed by atoms with Gasteiger partial charge in [-0.15, -0.1) is 0 Å². The zero-order valence-electron chi connectivity index (χ0n) is 8.20. The van der Waals surface area contributed by atoms with E-state index in [9.17, 15) is 14.3 Å². The van der Waals surface area contributed by atoms with E-state index >= 15 is 0 Å². The predicted molar refractivity (Wildman–Crippen MR) is 58.8 cm³/mol. The highest BCUT2D eigenvalue weighted by Crippen LogP contribution is 2.21. The van der Waals surface area contributed by atoms with Crippen molar-refractivity contribution in [2.45, 2.75) is 0 Å². The number of alkyl halides is 1. The van der Waals surface area contributed by atoms with Crippen LogP contribution in [0, 0.1) is 5.82 Å². The molecule has 0 unspecified atom stereocenters.